The van der Waals surface area contributed by atoms with Gasteiger partial charge in [-0.1, -0.05) is 12.1 Å². The molecule has 0 N–H and O–H groups in total. The van der Waals surface area contributed by atoms with Gasteiger partial charge in [-0.05, 0) is 42.3 Å². The van der Waals surface area contributed by atoms with E-state index in [9.17, 15) is 23.3 Å². The van der Waals surface area contributed by atoms with Crippen LogP contribution in [0, 0.1) is 10.1 Å². The van der Waals surface area contributed by atoms with Crippen LogP contribution >= 0.6 is 0 Å². The molecule has 1 heterocycles. The lowest BCUT2D eigenvalue weighted by Gasteiger charge is -2.16. The molecule has 0 amide bonds. The number of rotatable bonds is 6. The van der Waals surface area contributed by atoms with E-state index in [2.05, 4.69) is 0 Å². The van der Waals surface area contributed by atoms with E-state index in [-0.39, 0.29) is 22.9 Å². The molecule has 1 saturated heterocycles. The molecule has 9 nitrogen and oxygen atoms in total. The third-order valence-corrected chi connectivity index (χ3v) is 6.14. The third kappa shape index (κ3) is 4.72. The second-order valence-corrected chi connectivity index (χ2v) is 8.19. The Hall–Kier alpha value is -3.40. The monoisotopic (exact) mass is 418 g/mol. The van der Waals surface area contributed by atoms with Crippen molar-refractivity contribution in [2.75, 3.05) is 23.7 Å². The Morgan fingerprint density at radius 2 is 1.93 bits per heavy atom. The lowest BCUT2D eigenvalue weighted by Crippen LogP contribution is -2.24. The molecule has 2 aromatic carbocycles. The van der Waals surface area contributed by atoms with E-state index in [0.717, 1.165) is 12.1 Å². The number of ether oxygens (including phenoxy) is 2. The van der Waals surface area contributed by atoms with Crippen molar-refractivity contribution in [1.82, 2.24) is 0 Å². The number of benzene rings is 2. The van der Waals surface area contributed by atoms with Crippen LogP contribution in [0.15, 0.2) is 48.5 Å². The molecule has 0 unspecified atom stereocenters. The third-order valence-electron chi connectivity index (χ3n) is 4.27. The minimum atomic E-state index is -3.25. The quantitative estimate of drug-likeness (QED) is 0.233. The van der Waals surface area contributed by atoms with Gasteiger partial charge in [0.25, 0.3) is 0 Å². The van der Waals surface area contributed by atoms with E-state index < -0.39 is 20.9 Å². The van der Waals surface area contributed by atoms with Gasteiger partial charge in [0.15, 0.2) is 0 Å². The van der Waals surface area contributed by atoms with Crippen LogP contribution < -0.4 is 13.8 Å². The summed E-state index contributed by atoms with van der Waals surface area (Å²) in [4.78, 5) is 22.5. The lowest BCUT2D eigenvalue weighted by molar-refractivity contribution is -0.385. The highest BCUT2D eigenvalue weighted by atomic mass is 32.2. The molecular formula is C19H18N2O7S. The number of hydrogen-bond donors (Lipinski definition) is 0. The van der Waals surface area contributed by atoms with Gasteiger partial charge in [0, 0.05) is 12.6 Å². The van der Waals surface area contributed by atoms with Crippen molar-refractivity contribution < 1.29 is 27.6 Å². The number of carbonyl (C=O) groups is 1. The van der Waals surface area contributed by atoms with Crippen LogP contribution in [0.1, 0.15) is 12.0 Å². The van der Waals surface area contributed by atoms with Crippen LogP contribution in [-0.4, -0.2) is 38.7 Å². The second kappa shape index (κ2) is 8.31. The highest BCUT2D eigenvalue weighted by molar-refractivity contribution is 7.93. The summed E-state index contributed by atoms with van der Waals surface area (Å²) in [6, 6.07) is 10.5. The maximum absolute atomic E-state index is 12.0. The molecule has 10 heteroatoms. The van der Waals surface area contributed by atoms with Crippen molar-refractivity contribution in [3.63, 3.8) is 0 Å². The van der Waals surface area contributed by atoms with Crippen LogP contribution in [0.3, 0.4) is 0 Å². The predicted octanol–water partition coefficient (Wildman–Crippen LogP) is 2.76. The van der Waals surface area contributed by atoms with Crippen LogP contribution in [0.25, 0.3) is 6.08 Å². The summed E-state index contributed by atoms with van der Waals surface area (Å²) in [6.45, 7) is 0.449. The number of nitro groups is 1. The zero-order chi connectivity index (χ0) is 21.0. The van der Waals surface area contributed by atoms with Crippen molar-refractivity contribution in [2.45, 2.75) is 6.42 Å². The van der Waals surface area contributed by atoms with E-state index >= 15 is 0 Å². The lowest BCUT2D eigenvalue weighted by atomic mass is 10.2. The molecule has 0 aliphatic carbocycles. The van der Waals surface area contributed by atoms with E-state index in [1.165, 1.54) is 29.6 Å². The Bertz CT molecular complexity index is 1060. The van der Waals surface area contributed by atoms with Gasteiger partial charge in [0.2, 0.25) is 15.8 Å². The molecule has 0 aromatic heterocycles. The standard InChI is InChI=1S/C19H18N2O7S/c1-27-16-8-9-18(17(13-16)21(23)24)28-19(22)10-5-14-3-6-15(7-4-14)20-11-2-12-29(20,25)26/h3-10,13H,2,11-12H2,1H3/b10-5+. The van der Waals surface area contributed by atoms with Gasteiger partial charge in [-0.2, -0.15) is 0 Å². The molecule has 152 valence electrons. The summed E-state index contributed by atoms with van der Waals surface area (Å²) >= 11 is 0. The molecule has 3 rings (SSSR count). The van der Waals surface area contributed by atoms with E-state index in [4.69, 9.17) is 9.47 Å². The Labute approximate surface area is 167 Å². The molecular weight excluding hydrogens is 400 g/mol. The molecule has 1 aliphatic rings. The minimum absolute atomic E-state index is 0.137. The number of anilines is 1. The first-order valence-corrected chi connectivity index (χ1v) is 10.2. The number of nitrogens with zero attached hydrogens (tertiary/aromatic N) is 2. The van der Waals surface area contributed by atoms with Crippen molar-refractivity contribution in [3.8, 4) is 11.5 Å². The topological polar surface area (TPSA) is 116 Å². The molecule has 0 radical (unpaired) electrons. The summed E-state index contributed by atoms with van der Waals surface area (Å²) in [6.07, 6.45) is 3.20. The smallest absolute Gasteiger partial charge is 0.336 e. The van der Waals surface area contributed by atoms with Gasteiger partial charge in [0.05, 0.1) is 29.5 Å². The Balaban J connectivity index is 1.69. The van der Waals surface area contributed by atoms with Gasteiger partial charge < -0.3 is 9.47 Å². The van der Waals surface area contributed by atoms with Crippen molar-refractivity contribution in [3.05, 3.63) is 64.2 Å². The number of esters is 1. The number of hydrogen-bond acceptors (Lipinski definition) is 7. The molecule has 1 aliphatic heterocycles. The summed E-state index contributed by atoms with van der Waals surface area (Å²) in [7, 11) is -1.88. The highest BCUT2D eigenvalue weighted by Crippen LogP contribution is 2.31. The molecule has 2 aromatic rings. The fourth-order valence-electron chi connectivity index (χ4n) is 2.84. The average molecular weight is 418 g/mol. The van der Waals surface area contributed by atoms with Crippen molar-refractivity contribution in [2.24, 2.45) is 0 Å². The summed E-state index contributed by atoms with van der Waals surface area (Å²) in [5.41, 5.74) is 0.824. The fourth-order valence-corrected chi connectivity index (χ4v) is 4.41. The van der Waals surface area contributed by atoms with Gasteiger partial charge in [-0.25, -0.2) is 13.2 Å². The summed E-state index contributed by atoms with van der Waals surface area (Å²) in [5, 5.41) is 11.1. The number of sulfonamides is 1. The normalized spacial score (nSPS) is 15.4. The molecule has 0 atom stereocenters. The molecule has 0 bridgehead atoms. The molecule has 0 spiro atoms. The van der Waals surface area contributed by atoms with E-state index in [1.807, 2.05) is 0 Å². The van der Waals surface area contributed by atoms with Crippen molar-refractivity contribution >= 4 is 33.4 Å². The summed E-state index contributed by atoms with van der Waals surface area (Å²) in [5.74, 6) is -0.575. The summed E-state index contributed by atoms with van der Waals surface area (Å²) < 4.78 is 35.2. The predicted molar refractivity (Wildman–Crippen MR) is 107 cm³/mol. The minimum Gasteiger partial charge on any atom is -0.496 e. The van der Waals surface area contributed by atoms with Crippen LogP contribution in [0.5, 0.6) is 11.5 Å². The fraction of sp³-hybridized carbons (Fsp3) is 0.211. The Morgan fingerprint density at radius 1 is 1.21 bits per heavy atom. The van der Waals surface area contributed by atoms with Crippen LogP contribution in [0.2, 0.25) is 0 Å². The second-order valence-electron chi connectivity index (χ2n) is 6.18. The Kier molecular flexibility index (Phi) is 5.83. The SMILES string of the molecule is COc1ccc(OC(=O)/C=C/c2ccc(N3CCCS3(=O)=O)cc2)c([N+](=O)[O-])c1. The molecule has 1 fully saturated rings. The van der Waals surface area contributed by atoms with Gasteiger partial charge in [-0.15, -0.1) is 0 Å². The first-order chi connectivity index (χ1) is 13.8. The Morgan fingerprint density at radius 3 is 2.52 bits per heavy atom. The zero-order valence-electron chi connectivity index (χ0n) is 15.5. The van der Waals surface area contributed by atoms with Crippen molar-refractivity contribution in [1.29, 1.82) is 0 Å². The van der Waals surface area contributed by atoms with E-state index in [1.54, 1.807) is 24.3 Å². The largest absolute Gasteiger partial charge is 0.496 e. The first kappa shape index (κ1) is 20.3. The van der Waals surface area contributed by atoms with Crippen LogP contribution in [-0.2, 0) is 14.8 Å². The highest BCUT2D eigenvalue weighted by Gasteiger charge is 2.28. The van der Waals surface area contributed by atoms with Gasteiger partial charge in [-0.3, -0.25) is 14.4 Å². The number of carbonyl (C=O) groups excluding carboxylic acids is 1. The average Bonchev–Trinajstić information content (AvgIpc) is 3.06. The molecule has 0 saturated carbocycles. The van der Waals surface area contributed by atoms with Crippen LogP contribution in [0.4, 0.5) is 11.4 Å². The maximum Gasteiger partial charge on any atom is 0.336 e. The van der Waals surface area contributed by atoms with Gasteiger partial charge in [0.1, 0.15) is 5.75 Å². The van der Waals surface area contributed by atoms with E-state index in [0.29, 0.717) is 24.2 Å². The first-order valence-electron chi connectivity index (χ1n) is 8.63. The number of nitro benzene ring substituents is 1. The maximum atomic E-state index is 12.0. The zero-order valence-corrected chi connectivity index (χ0v) is 16.3. The van der Waals surface area contributed by atoms with Gasteiger partial charge >= 0.3 is 11.7 Å². The molecule has 29 heavy (non-hydrogen) atoms. The number of methoxy groups -OCH3 is 1.